The lowest BCUT2D eigenvalue weighted by molar-refractivity contribution is -0.125. The minimum atomic E-state index is -0.616. The second-order valence-corrected chi connectivity index (χ2v) is 9.48. The highest BCUT2D eigenvalue weighted by atomic mass is 32.1. The molecule has 9 heteroatoms. The Balaban J connectivity index is 1.49. The molecule has 4 aromatic rings. The number of anilines is 2. The van der Waals surface area contributed by atoms with E-state index in [-0.39, 0.29) is 24.1 Å². The molecular formula is C27H24FN3O4S. The molecule has 1 N–H and O–H groups in total. The zero-order valence-corrected chi connectivity index (χ0v) is 20.5. The number of methoxy groups -OCH3 is 2. The van der Waals surface area contributed by atoms with Crippen LogP contribution in [0.1, 0.15) is 24.4 Å². The molecule has 0 spiro atoms. The van der Waals surface area contributed by atoms with Gasteiger partial charge in [0.15, 0.2) is 5.13 Å². The van der Waals surface area contributed by atoms with Crippen LogP contribution in [-0.4, -0.2) is 31.0 Å². The summed E-state index contributed by atoms with van der Waals surface area (Å²) in [4.78, 5) is 32.9. The van der Waals surface area contributed by atoms with Crippen molar-refractivity contribution in [1.82, 2.24) is 4.98 Å². The van der Waals surface area contributed by atoms with E-state index in [0.717, 1.165) is 10.2 Å². The summed E-state index contributed by atoms with van der Waals surface area (Å²) in [7, 11) is 3.17. The molecule has 184 valence electrons. The molecule has 1 aromatic heterocycles. The van der Waals surface area contributed by atoms with Crippen LogP contribution in [0, 0.1) is 11.7 Å². The second kappa shape index (κ2) is 9.94. The number of nitrogens with zero attached hydrogens (tertiary/aromatic N) is 2. The first-order chi connectivity index (χ1) is 17.5. The van der Waals surface area contributed by atoms with Crippen molar-refractivity contribution in [2.75, 3.05) is 24.4 Å². The number of benzene rings is 3. The van der Waals surface area contributed by atoms with Crippen LogP contribution in [0.2, 0.25) is 0 Å². The summed E-state index contributed by atoms with van der Waals surface area (Å²) < 4.78 is 25.2. The van der Waals surface area contributed by atoms with Gasteiger partial charge in [-0.3, -0.25) is 9.59 Å². The fraction of sp³-hybridized carbons (Fsp3) is 0.222. The van der Waals surface area contributed by atoms with Crippen LogP contribution in [0.4, 0.5) is 15.2 Å². The molecule has 1 aliphatic heterocycles. The van der Waals surface area contributed by atoms with Crippen LogP contribution in [-0.2, 0) is 9.59 Å². The third-order valence-corrected chi connectivity index (χ3v) is 7.26. The fourth-order valence-electron chi connectivity index (χ4n) is 4.54. The quantitative estimate of drug-likeness (QED) is 0.370. The number of nitrogens with one attached hydrogen (secondary N) is 1. The Kier molecular flexibility index (Phi) is 6.56. The van der Waals surface area contributed by atoms with Gasteiger partial charge in [0, 0.05) is 12.1 Å². The molecule has 5 rings (SSSR count). The number of aromatic nitrogens is 1. The van der Waals surface area contributed by atoms with E-state index in [1.807, 2.05) is 18.2 Å². The van der Waals surface area contributed by atoms with E-state index in [4.69, 9.17) is 9.47 Å². The molecule has 0 saturated carbocycles. The molecule has 1 saturated heterocycles. The number of carbonyl (C=O) groups excluding carboxylic acids is 2. The van der Waals surface area contributed by atoms with Gasteiger partial charge in [-0.25, -0.2) is 9.37 Å². The Bertz CT molecular complexity index is 1410. The predicted molar refractivity (Wildman–Crippen MR) is 137 cm³/mol. The maximum absolute atomic E-state index is 13.7. The number of amides is 2. The van der Waals surface area contributed by atoms with Gasteiger partial charge < -0.3 is 19.7 Å². The molecule has 1 fully saturated rings. The Morgan fingerprint density at radius 1 is 1.03 bits per heavy atom. The molecule has 0 radical (unpaired) electrons. The Labute approximate surface area is 211 Å². The van der Waals surface area contributed by atoms with Gasteiger partial charge in [-0.1, -0.05) is 23.5 Å². The van der Waals surface area contributed by atoms with Crippen LogP contribution < -0.4 is 19.7 Å². The van der Waals surface area contributed by atoms with Gasteiger partial charge in [-0.15, -0.1) is 0 Å². The van der Waals surface area contributed by atoms with E-state index < -0.39 is 12.0 Å². The lowest BCUT2D eigenvalue weighted by atomic mass is 9.83. The van der Waals surface area contributed by atoms with Crippen molar-refractivity contribution in [3.8, 4) is 11.5 Å². The van der Waals surface area contributed by atoms with Crippen LogP contribution in [0.15, 0.2) is 66.7 Å². The van der Waals surface area contributed by atoms with Crippen LogP contribution in [0.3, 0.4) is 0 Å². The van der Waals surface area contributed by atoms with Crippen LogP contribution >= 0.6 is 11.3 Å². The standard InChI is InChI=1S/C27H24FN3O4S/c1-34-19-9-7-18(8-10-19)31-24(32)14-12-21(25(31)16-3-5-17(28)6-4-16)26(33)30-27-29-22-13-11-20(35-2)15-23(22)36-27/h3-11,13,15,21,25H,12,14H2,1-2H3,(H,29,30,33)/t21-,25-/m1/s1. The van der Waals surface area contributed by atoms with E-state index >= 15 is 0 Å². The summed E-state index contributed by atoms with van der Waals surface area (Å²) >= 11 is 1.35. The van der Waals surface area contributed by atoms with Crippen molar-refractivity contribution in [3.63, 3.8) is 0 Å². The number of ether oxygens (including phenoxy) is 2. The predicted octanol–water partition coefficient (Wildman–Crippen LogP) is 5.58. The number of rotatable bonds is 6. The Morgan fingerprint density at radius 3 is 2.42 bits per heavy atom. The first kappa shape index (κ1) is 23.7. The third kappa shape index (κ3) is 4.61. The summed E-state index contributed by atoms with van der Waals surface area (Å²) in [6.07, 6.45) is 0.566. The van der Waals surface area contributed by atoms with Crippen molar-refractivity contribution in [3.05, 3.63) is 78.1 Å². The highest BCUT2D eigenvalue weighted by molar-refractivity contribution is 7.22. The minimum Gasteiger partial charge on any atom is -0.497 e. The first-order valence-electron chi connectivity index (χ1n) is 11.4. The van der Waals surface area contributed by atoms with Crippen molar-refractivity contribution in [2.24, 2.45) is 5.92 Å². The van der Waals surface area contributed by atoms with Crippen LogP contribution in [0.5, 0.6) is 11.5 Å². The molecule has 0 aliphatic carbocycles. The lowest BCUT2D eigenvalue weighted by Gasteiger charge is -2.40. The summed E-state index contributed by atoms with van der Waals surface area (Å²) in [6, 6.07) is 18.0. The van der Waals surface area contributed by atoms with E-state index in [0.29, 0.717) is 34.3 Å². The van der Waals surface area contributed by atoms with E-state index in [1.54, 1.807) is 55.5 Å². The van der Waals surface area contributed by atoms with Crippen LogP contribution in [0.25, 0.3) is 10.2 Å². The molecular weight excluding hydrogens is 481 g/mol. The van der Waals surface area contributed by atoms with E-state index in [1.165, 1.54) is 23.5 Å². The molecule has 0 unspecified atom stereocenters. The number of thiazole rings is 1. The summed E-state index contributed by atoms with van der Waals surface area (Å²) in [5, 5.41) is 3.42. The fourth-order valence-corrected chi connectivity index (χ4v) is 5.44. The average molecular weight is 506 g/mol. The van der Waals surface area contributed by atoms with Gasteiger partial charge >= 0.3 is 0 Å². The zero-order chi connectivity index (χ0) is 25.2. The largest absolute Gasteiger partial charge is 0.497 e. The smallest absolute Gasteiger partial charge is 0.231 e. The second-order valence-electron chi connectivity index (χ2n) is 8.45. The highest BCUT2D eigenvalue weighted by Gasteiger charge is 2.41. The SMILES string of the molecule is COc1ccc(N2C(=O)CC[C@@H](C(=O)Nc3nc4ccc(OC)cc4s3)[C@H]2c2ccc(F)cc2)cc1. The van der Waals surface area contributed by atoms with Gasteiger partial charge in [0.1, 0.15) is 17.3 Å². The monoisotopic (exact) mass is 505 g/mol. The Hall–Kier alpha value is -3.98. The molecule has 1 aliphatic rings. The van der Waals surface area contributed by atoms with Crippen molar-refractivity contribution < 1.29 is 23.5 Å². The third-order valence-electron chi connectivity index (χ3n) is 6.32. The Morgan fingerprint density at radius 2 is 1.72 bits per heavy atom. The number of carbonyl (C=O) groups is 2. The van der Waals surface area contributed by atoms with E-state index in [9.17, 15) is 14.0 Å². The van der Waals surface area contributed by atoms with Gasteiger partial charge in [0.25, 0.3) is 0 Å². The molecule has 36 heavy (non-hydrogen) atoms. The summed E-state index contributed by atoms with van der Waals surface area (Å²) in [5.74, 6) is 0.0520. The van der Waals surface area contributed by atoms with Gasteiger partial charge in [0.05, 0.1) is 36.4 Å². The molecule has 2 atom stereocenters. The number of halogens is 1. The normalized spacial score (nSPS) is 17.8. The van der Waals surface area contributed by atoms with Gasteiger partial charge in [-0.05, 0) is 66.6 Å². The number of hydrogen-bond acceptors (Lipinski definition) is 6. The molecule has 2 amide bonds. The minimum absolute atomic E-state index is 0.106. The molecule has 7 nitrogen and oxygen atoms in total. The van der Waals surface area contributed by atoms with Crippen molar-refractivity contribution >= 4 is 44.2 Å². The molecule has 3 aromatic carbocycles. The van der Waals surface area contributed by atoms with Gasteiger partial charge in [-0.2, -0.15) is 0 Å². The number of hydrogen-bond donors (Lipinski definition) is 1. The molecule has 2 heterocycles. The highest BCUT2D eigenvalue weighted by Crippen LogP contribution is 2.41. The number of piperidine rings is 1. The van der Waals surface area contributed by atoms with Gasteiger partial charge in [0.2, 0.25) is 11.8 Å². The molecule has 0 bridgehead atoms. The van der Waals surface area contributed by atoms with E-state index in [2.05, 4.69) is 10.3 Å². The topological polar surface area (TPSA) is 80.8 Å². The summed E-state index contributed by atoms with van der Waals surface area (Å²) in [6.45, 7) is 0. The summed E-state index contributed by atoms with van der Waals surface area (Å²) in [5.41, 5.74) is 2.07. The van der Waals surface area contributed by atoms with Crippen molar-refractivity contribution in [1.29, 1.82) is 0 Å². The average Bonchev–Trinajstić information content (AvgIpc) is 3.30. The van der Waals surface area contributed by atoms with Crippen molar-refractivity contribution in [2.45, 2.75) is 18.9 Å². The maximum Gasteiger partial charge on any atom is 0.231 e. The lowest BCUT2D eigenvalue weighted by Crippen LogP contribution is -2.47. The zero-order valence-electron chi connectivity index (χ0n) is 19.7. The number of fused-ring (bicyclic) bond motifs is 1. The first-order valence-corrected chi connectivity index (χ1v) is 12.3. The maximum atomic E-state index is 13.7.